The Morgan fingerprint density at radius 3 is 2.55 bits per heavy atom. The monoisotopic (exact) mass is 456 g/mol. The highest BCUT2D eigenvalue weighted by atomic mass is 35.5. The van der Waals surface area contributed by atoms with E-state index >= 15 is 0 Å². The minimum atomic E-state index is -4.44. The highest BCUT2D eigenvalue weighted by Crippen LogP contribution is 2.33. The van der Waals surface area contributed by atoms with Gasteiger partial charge in [0.15, 0.2) is 0 Å². The lowest BCUT2D eigenvalue weighted by molar-refractivity contribution is -0.137. The van der Waals surface area contributed by atoms with Gasteiger partial charge in [-0.1, -0.05) is 35.9 Å². The highest BCUT2D eigenvalue weighted by molar-refractivity contribution is 7.11. The zero-order valence-electron chi connectivity index (χ0n) is 15.7. The Bertz CT molecular complexity index is 1300. The van der Waals surface area contributed by atoms with E-state index in [1.165, 1.54) is 29.5 Å². The second-order valence-corrected chi connectivity index (χ2v) is 7.79. The number of alkyl halides is 3. The lowest BCUT2D eigenvalue weighted by Gasteiger charge is -2.07. The number of benzene rings is 2. The third-order valence-electron chi connectivity index (χ3n) is 4.38. The fraction of sp³-hybridized carbons (Fsp3) is 0.0435. The van der Waals surface area contributed by atoms with Crippen LogP contribution in [0.4, 0.5) is 13.2 Å². The van der Waals surface area contributed by atoms with Gasteiger partial charge in [-0.15, -0.1) is 11.3 Å². The van der Waals surface area contributed by atoms with Crippen molar-refractivity contribution in [2.45, 2.75) is 6.18 Å². The van der Waals surface area contributed by atoms with Crippen LogP contribution in [0.25, 0.3) is 34.2 Å². The number of aromatic nitrogens is 1. The molecule has 0 bridgehead atoms. The van der Waals surface area contributed by atoms with Crippen molar-refractivity contribution in [2.24, 2.45) is 0 Å². The standard InChI is InChI=1S/C23H12ClF3N2OS/c24-18-6-4-14(5-7-18)20-13-31-22(29-20)16(12-28)11-19-8-9-21(30-19)15-2-1-3-17(10-15)23(25,26)27/h1-11,13H. The van der Waals surface area contributed by atoms with Crippen LogP contribution < -0.4 is 0 Å². The second kappa shape index (κ2) is 8.42. The van der Waals surface area contributed by atoms with Crippen LogP contribution in [0, 0.1) is 11.3 Å². The van der Waals surface area contributed by atoms with Crippen LogP contribution in [0.1, 0.15) is 16.3 Å². The largest absolute Gasteiger partial charge is 0.457 e. The minimum Gasteiger partial charge on any atom is -0.457 e. The molecule has 2 aromatic heterocycles. The molecule has 0 N–H and O–H groups in total. The summed E-state index contributed by atoms with van der Waals surface area (Å²) in [6, 6.07) is 17.3. The Kier molecular flexibility index (Phi) is 5.68. The topological polar surface area (TPSA) is 49.8 Å². The van der Waals surface area contributed by atoms with Gasteiger partial charge in [-0.25, -0.2) is 4.98 Å². The molecular formula is C23H12ClF3N2OS. The van der Waals surface area contributed by atoms with Crippen LogP contribution in [0.3, 0.4) is 0 Å². The molecule has 0 spiro atoms. The number of thiazole rings is 1. The van der Waals surface area contributed by atoms with Gasteiger partial charge in [0, 0.05) is 27.6 Å². The third kappa shape index (κ3) is 4.71. The van der Waals surface area contributed by atoms with Gasteiger partial charge in [0.1, 0.15) is 22.6 Å². The van der Waals surface area contributed by atoms with Gasteiger partial charge in [-0.2, -0.15) is 18.4 Å². The molecule has 4 aromatic rings. The molecule has 4 rings (SSSR count). The molecule has 0 saturated heterocycles. The van der Waals surface area contributed by atoms with Gasteiger partial charge in [0.2, 0.25) is 0 Å². The van der Waals surface area contributed by atoms with Crippen LogP contribution in [0.2, 0.25) is 5.02 Å². The van der Waals surface area contributed by atoms with Crippen molar-refractivity contribution in [1.29, 1.82) is 5.26 Å². The Hall–Kier alpha value is -3.34. The molecule has 0 amide bonds. The first-order valence-corrected chi connectivity index (χ1v) is 10.2. The van der Waals surface area contributed by atoms with Crippen LogP contribution in [0.15, 0.2) is 70.5 Å². The van der Waals surface area contributed by atoms with Crippen LogP contribution in [-0.2, 0) is 6.18 Å². The molecule has 2 heterocycles. The third-order valence-corrected chi connectivity index (χ3v) is 5.51. The maximum absolute atomic E-state index is 13.0. The lowest BCUT2D eigenvalue weighted by Crippen LogP contribution is -2.04. The van der Waals surface area contributed by atoms with E-state index in [0.717, 1.165) is 17.7 Å². The Balaban J connectivity index is 1.61. The van der Waals surface area contributed by atoms with Crippen molar-refractivity contribution in [3.8, 4) is 28.7 Å². The number of rotatable bonds is 4. The molecule has 8 heteroatoms. The van der Waals surface area contributed by atoms with Crippen molar-refractivity contribution >= 4 is 34.6 Å². The number of furan rings is 1. The number of allylic oxidation sites excluding steroid dienone is 1. The summed E-state index contributed by atoms with van der Waals surface area (Å²) < 4.78 is 44.5. The summed E-state index contributed by atoms with van der Waals surface area (Å²) in [5.41, 5.74) is 1.41. The average Bonchev–Trinajstić information content (AvgIpc) is 3.42. The summed E-state index contributed by atoms with van der Waals surface area (Å²) in [7, 11) is 0. The van der Waals surface area contributed by atoms with Crippen molar-refractivity contribution in [1.82, 2.24) is 4.98 Å². The molecular weight excluding hydrogens is 445 g/mol. The van der Waals surface area contributed by atoms with E-state index < -0.39 is 11.7 Å². The summed E-state index contributed by atoms with van der Waals surface area (Å²) in [6.07, 6.45) is -2.92. The molecule has 154 valence electrons. The summed E-state index contributed by atoms with van der Waals surface area (Å²) >= 11 is 7.22. The summed E-state index contributed by atoms with van der Waals surface area (Å²) in [4.78, 5) is 4.50. The van der Waals surface area contributed by atoms with Gasteiger partial charge in [-0.3, -0.25) is 0 Å². The Labute approximate surface area is 184 Å². The molecule has 0 saturated carbocycles. The fourth-order valence-electron chi connectivity index (χ4n) is 2.87. The van der Waals surface area contributed by atoms with Gasteiger partial charge in [-0.05, 0) is 36.4 Å². The van der Waals surface area contributed by atoms with Gasteiger partial charge < -0.3 is 4.42 Å². The van der Waals surface area contributed by atoms with Gasteiger partial charge in [0.05, 0.1) is 16.8 Å². The Morgan fingerprint density at radius 1 is 1.06 bits per heavy atom. The fourth-order valence-corrected chi connectivity index (χ4v) is 3.79. The van der Waals surface area contributed by atoms with Crippen LogP contribution >= 0.6 is 22.9 Å². The predicted octanol–water partition coefficient (Wildman–Crippen LogP) is 7.81. The zero-order valence-corrected chi connectivity index (χ0v) is 17.2. The normalized spacial score (nSPS) is 12.0. The average molecular weight is 457 g/mol. The molecule has 0 aliphatic heterocycles. The lowest BCUT2D eigenvalue weighted by atomic mass is 10.1. The molecule has 0 unspecified atom stereocenters. The number of hydrogen-bond acceptors (Lipinski definition) is 4. The first-order chi connectivity index (χ1) is 14.8. The number of halogens is 4. The molecule has 0 aliphatic carbocycles. The van der Waals surface area contributed by atoms with E-state index in [2.05, 4.69) is 11.1 Å². The van der Waals surface area contributed by atoms with Crippen molar-refractivity contribution < 1.29 is 17.6 Å². The quantitative estimate of drug-likeness (QED) is 0.294. The molecule has 2 aromatic carbocycles. The maximum Gasteiger partial charge on any atom is 0.416 e. The van der Waals surface area contributed by atoms with E-state index in [0.29, 0.717) is 27.0 Å². The number of nitrogens with zero attached hydrogens (tertiary/aromatic N) is 2. The van der Waals surface area contributed by atoms with Crippen molar-refractivity contribution in [2.75, 3.05) is 0 Å². The molecule has 0 atom stereocenters. The van der Waals surface area contributed by atoms with E-state index in [-0.39, 0.29) is 11.3 Å². The van der Waals surface area contributed by atoms with Crippen LogP contribution in [0.5, 0.6) is 0 Å². The van der Waals surface area contributed by atoms with Gasteiger partial charge >= 0.3 is 6.18 Å². The van der Waals surface area contributed by atoms with E-state index in [1.807, 2.05) is 17.5 Å². The van der Waals surface area contributed by atoms with Crippen LogP contribution in [-0.4, -0.2) is 4.98 Å². The molecule has 0 fully saturated rings. The number of hydrogen-bond donors (Lipinski definition) is 0. The molecule has 0 aliphatic rings. The summed E-state index contributed by atoms with van der Waals surface area (Å²) in [5.74, 6) is 0.614. The summed E-state index contributed by atoms with van der Waals surface area (Å²) in [6.45, 7) is 0. The highest BCUT2D eigenvalue weighted by Gasteiger charge is 2.30. The van der Waals surface area contributed by atoms with Crippen molar-refractivity contribution in [3.05, 3.63) is 87.4 Å². The van der Waals surface area contributed by atoms with E-state index in [1.54, 1.807) is 24.3 Å². The predicted molar refractivity (Wildman–Crippen MR) is 115 cm³/mol. The second-order valence-electron chi connectivity index (χ2n) is 6.50. The minimum absolute atomic E-state index is 0.274. The van der Waals surface area contributed by atoms with Crippen molar-refractivity contribution in [3.63, 3.8) is 0 Å². The summed E-state index contributed by atoms with van der Waals surface area (Å²) in [5, 5.41) is 12.5. The zero-order chi connectivity index (χ0) is 22.0. The first-order valence-electron chi connectivity index (χ1n) is 8.94. The van der Waals surface area contributed by atoms with E-state index in [9.17, 15) is 18.4 Å². The first kappa shape index (κ1) is 20.9. The van der Waals surface area contributed by atoms with Gasteiger partial charge in [0.25, 0.3) is 0 Å². The maximum atomic E-state index is 13.0. The molecule has 0 radical (unpaired) electrons. The molecule has 3 nitrogen and oxygen atoms in total. The van der Waals surface area contributed by atoms with E-state index in [4.69, 9.17) is 16.0 Å². The SMILES string of the molecule is N#CC(=Cc1ccc(-c2cccc(C(F)(F)F)c2)o1)c1nc(-c2ccc(Cl)cc2)cs1. The molecule has 31 heavy (non-hydrogen) atoms. The smallest absolute Gasteiger partial charge is 0.416 e. The number of nitriles is 1. The Morgan fingerprint density at radius 2 is 1.84 bits per heavy atom.